The molecule has 0 amide bonds. The minimum absolute atomic E-state index is 0.113. The maximum Gasteiger partial charge on any atom is 0.277 e. The first-order valence-corrected chi connectivity index (χ1v) is 7.99. The van der Waals surface area contributed by atoms with Crippen LogP contribution in [0, 0.1) is 11.8 Å². The molecule has 0 radical (unpaired) electrons. The molecule has 0 saturated heterocycles. The molecule has 0 aromatic carbocycles. The average Bonchev–Trinajstić information content (AvgIpc) is 3.00. The molecule has 0 atom stereocenters. The summed E-state index contributed by atoms with van der Waals surface area (Å²) < 4.78 is 28.3. The zero-order valence-electron chi connectivity index (χ0n) is 9.77. The molecule has 4 N–H and O–H groups in total. The van der Waals surface area contributed by atoms with Crippen molar-refractivity contribution in [3.8, 4) is 11.8 Å². The topological polar surface area (TPSA) is 84.2 Å². The van der Waals surface area contributed by atoms with Gasteiger partial charge in [0.25, 0.3) is 10.2 Å². The van der Waals surface area contributed by atoms with Crippen LogP contribution in [0.5, 0.6) is 0 Å². The van der Waals surface area contributed by atoms with Gasteiger partial charge in [0.15, 0.2) is 0 Å². The zero-order chi connectivity index (χ0) is 13.0. The quantitative estimate of drug-likeness (QED) is 0.673. The average molecular weight is 285 g/mol. The Bertz CT molecular complexity index is 565. The predicted octanol–water partition coefficient (Wildman–Crippen LogP) is 0.145. The third-order valence-electron chi connectivity index (χ3n) is 2.39. The van der Waals surface area contributed by atoms with E-state index in [2.05, 4.69) is 21.3 Å². The Balaban J connectivity index is 1.95. The molecular weight excluding hydrogens is 270 g/mol. The standard InChI is InChI=1S/C11H15N3O2S2/c12-6-1-2-9-5-7-17-11(9)8-13-18(15,16)14-10-3-4-10/h5,7,10,13-14H,3-4,6,8,12H2. The SMILES string of the molecule is NCC#Cc1ccsc1CNS(=O)(=O)NC1CC1. The van der Waals surface area contributed by atoms with Crippen LogP contribution in [0.2, 0.25) is 0 Å². The van der Waals surface area contributed by atoms with Gasteiger partial charge in [0, 0.05) is 23.0 Å². The van der Waals surface area contributed by atoms with Crippen LogP contribution >= 0.6 is 11.3 Å². The second-order valence-electron chi connectivity index (χ2n) is 3.98. The molecule has 2 rings (SSSR count). The largest absolute Gasteiger partial charge is 0.320 e. The van der Waals surface area contributed by atoms with E-state index in [1.54, 1.807) is 0 Å². The van der Waals surface area contributed by atoms with Gasteiger partial charge < -0.3 is 5.73 Å². The molecule has 1 fully saturated rings. The molecular formula is C11H15N3O2S2. The second kappa shape index (κ2) is 5.82. The fraction of sp³-hybridized carbons (Fsp3) is 0.455. The number of nitrogens with one attached hydrogen (secondary N) is 2. The third-order valence-corrected chi connectivity index (χ3v) is 4.48. The first kappa shape index (κ1) is 13.5. The summed E-state index contributed by atoms with van der Waals surface area (Å²) in [7, 11) is -3.40. The highest BCUT2D eigenvalue weighted by molar-refractivity contribution is 7.87. The van der Waals surface area contributed by atoms with Crippen molar-refractivity contribution in [1.29, 1.82) is 0 Å². The van der Waals surface area contributed by atoms with E-state index in [1.807, 2.05) is 11.4 Å². The monoisotopic (exact) mass is 285 g/mol. The van der Waals surface area contributed by atoms with Crippen molar-refractivity contribution in [2.24, 2.45) is 5.73 Å². The molecule has 1 aliphatic carbocycles. The van der Waals surface area contributed by atoms with E-state index < -0.39 is 10.2 Å². The molecule has 0 bridgehead atoms. The van der Waals surface area contributed by atoms with E-state index in [1.165, 1.54) is 11.3 Å². The van der Waals surface area contributed by atoms with Gasteiger partial charge in [-0.05, 0) is 24.3 Å². The summed E-state index contributed by atoms with van der Waals surface area (Å²) in [5, 5.41) is 1.89. The van der Waals surface area contributed by atoms with Gasteiger partial charge in [-0.2, -0.15) is 17.9 Å². The summed E-state index contributed by atoms with van der Waals surface area (Å²) in [4.78, 5) is 0.900. The van der Waals surface area contributed by atoms with Gasteiger partial charge in [-0.15, -0.1) is 11.3 Å². The molecule has 0 spiro atoms. The molecule has 5 nitrogen and oxygen atoms in total. The van der Waals surface area contributed by atoms with Crippen LogP contribution < -0.4 is 15.2 Å². The highest BCUT2D eigenvalue weighted by Crippen LogP contribution is 2.20. The minimum Gasteiger partial charge on any atom is -0.320 e. The fourth-order valence-corrected chi connectivity index (χ4v) is 3.31. The van der Waals surface area contributed by atoms with E-state index in [9.17, 15) is 8.42 Å². The van der Waals surface area contributed by atoms with Crippen LogP contribution in [-0.4, -0.2) is 21.0 Å². The third kappa shape index (κ3) is 4.08. The van der Waals surface area contributed by atoms with Crippen molar-refractivity contribution in [2.75, 3.05) is 6.54 Å². The summed E-state index contributed by atoms with van der Waals surface area (Å²) >= 11 is 1.48. The zero-order valence-corrected chi connectivity index (χ0v) is 11.4. The number of hydrogen-bond donors (Lipinski definition) is 3. The number of thiophene rings is 1. The Kier molecular flexibility index (Phi) is 4.37. The molecule has 1 aromatic rings. The lowest BCUT2D eigenvalue weighted by Crippen LogP contribution is -2.37. The Morgan fingerprint density at radius 1 is 1.50 bits per heavy atom. The molecule has 18 heavy (non-hydrogen) atoms. The smallest absolute Gasteiger partial charge is 0.277 e. The second-order valence-corrected chi connectivity index (χ2v) is 6.51. The van der Waals surface area contributed by atoms with Gasteiger partial charge in [0.1, 0.15) is 0 Å². The van der Waals surface area contributed by atoms with Crippen molar-refractivity contribution in [1.82, 2.24) is 9.44 Å². The van der Waals surface area contributed by atoms with Gasteiger partial charge >= 0.3 is 0 Å². The molecule has 7 heteroatoms. The van der Waals surface area contributed by atoms with Crippen molar-refractivity contribution in [2.45, 2.75) is 25.4 Å². The summed E-state index contributed by atoms with van der Waals surface area (Å²) in [6, 6.07) is 1.98. The van der Waals surface area contributed by atoms with Crippen molar-refractivity contribution >= 4 is 21.5 Å². The van der Waals surface area contributed by atoms with Gasteiger partial charge in [0.05, 0.1) is 6.54 Å². The Morgan fingerprint density at radius 2 is 2.28 bits per heavy atom. The maximum absolute atomic E-state index is 11.6. The van der Waals surface area contributed by atoms with Crippen LogP contribution in [-0.2, 0) is 16.8 Å². The van der Waals surface area contributed by atoms with E-state index >= 15 is 0 Å². The Labute approximate surface area is 111 Å². The first-order chi connectivity index (χ1) is 8.61. The van der Waals surface area contributed by atoms with Gasteiger partial charge in [-0.3, -0.25) is 0 Å². The maximum atomic E-state index is 11.6. The molecule has 1 aliphatic rings. The number of rotatable bonds is 5. The van der Waals surface area contributed by atoms with Crippen LogP contribution in [0.25, 0.3) is 0 Å². The molecule has 98 valence electrons. The normalized spacial score (nSPS) is 15.2. The highest BCUT2D eigenvalue weighted by atomic mass is 32.2. The van der Waals surface area contributed by atoms with E-state index in [0.717, 1.165) is 23.3 Å². The molecule has 1 heterocycles. The van der Waals surface area contributed by atoms with Crippen molar-refractivity contribution in [3.05, 3.63) is 21.9 Å². The number of hydrogen-bond acceptors (Lipinski definition) is 4. The lowest BCUT2D eigenvalue weighted by atomic mass is 10.2. The van der Waals surface area contributed by atoms with E-state index in [-0.39, 0.29) is 12.6 Å². The minimum atomic E-state index is -3.40. The van der Waals surface area contributed by atoms with Crippen LogP contribution in [0.3, 0.4) is 0 Å². The van der Waals surface area contributed by atoms with Gasteiger partial charge in [-0.25, -0.2) is 0 Å². The summed E-state index contributed by atoms with van der Waals surface area (Å²) in [6.07, 6.45) is 1.85. The van der Waals surface area contributed by atoms with Crippen molar-refractivity contribution < 1.29 is 8.42 Å². The molecule has 1 saturated carbocycles. The Hall–Kier alpha value is -0.910. The summed E-state index contributed by atoms with van der Waals surface area (Å²) in [6.45, 7) is 0.554. The lowest BCUT2D eigenvalue weighted by molar-refractivity contribution is 0.566. The first-order valence-electron chi connectivity index (χ1n) is 5.63. The summed E-state index contributed by atoms with van der Waals surface area (Å²) in [5.41, 5.74) is 6.14. The summed E-state index contributed by atoms with van der Waals surface area (Å²) in [5.74, 6) is 5.68. The van der Waals surface area contributed by atoms with Crippen LogP contribution in [0.15, 0.2) is 11.4 Å². The molecule has 0 aliphatic heterocycles. The van der Waals surface area contributed by atoms with Gasteiger partial charge in [0.2, 0.25) is 0 Å². The van der Waals surface area contributed by atoms with Crippen molar-refractivity contribution in [3.63, 3.8) is 0 Å². The van der Waals surface area contributed by atoms with E-state index in [4.69, 9.17) is 5.73 Å². The fourth-order valence-electron chi connectivity index (χ4n) is 1.36. The number of nitrogens with two attached hydrogens (primary N) is 1. The van der Waals surface area contributed by atoms with E-state index in [0.29, 0.717) is 6.54 Å². The van der Waals surface area contributed by atoms with Crippen LogP contribution in [0.1, 0.15) is 23.3 Å². The van der Waals surface area contributed by atoms with Crippen LogP contribution in [0.4, 0.5) is 0 Å². The highest BCUT2D eigenvalue weighted by Gasteiger charge is 2.26. The predicted molar refractivity (Wildman–Crippen MR) is 72.2 cm³/mol. The lowest BCUT2D eigenvalue weighted by Gasteiger charge is -2.06. The molecule has 0 unspecified atom stereocenters. The van der Waals surface area contributed by atoms with Gasteiger partial charge in [-0.1, -0.05) is 11.8 Å². The molecule has 1 aromatic heterocycles. The Morgan fingerprint density at radius 3 is 2.94 bits per heavy atom.